The highest BCUT2D eigenvalue weighted by Gasteiger charge is 2.37. The average Bonchev–Trinajstić information content (AvgIpc) is 2.45. The number of nitrogens with zero attached hydrogens (tertiary/aromatic N) is 1. The summed E-state index contributed by atoms with van der Waals surface area (Å²) in [5.41, 5.74) is 4.90. The van der Waals surface area contributed by atoms with Crippen molar-refractivity contribution in [2.45, 2.75) is 12.8 Å². The zero-order chi connectivity index (χ0) is 6.85. The molecule has 9 heavy (non-hydrogen) atoms. The predicted molar refractivity (Wildman–Crippen MR) is 31.0 cm³/mol. The number of carbonyl (C=O) groups is 1. The number of primary amides is 1. The molecule has 0 spiro atoms. The molecule has 3 nitrogen and oxygen atoms in total. The van der Waals surface area contributed by atoms with Crippen LogP contribution in [0.2, 0.25) is 0 Å². The highest BCUT2D eigenvalue weighted by molar-refractivity contribution is 5.74. The summed E-state index contributed by atoms with van der Waals surface area (Å²) < 4.78 is 0. The maximum absolute atomic E-state index is 10.2. The maximum atomic E-state index is 10.2. The van der Waals surface area contributed by atoms with Gasteiger partial charge in [0.15, 0.2) is 0 Å². The lowest BCUT2D eigenvalue weighted by Crippen LogP contribution is -2.11. The van der Waals surface area contributed by atoms with Crippen molar-refractivity contribution in [2.24, 2.45) is 17.6 Å². The lowest BCUT2D eigenvalue weighted by molar-refractivity contribution is -0.118. The molecular formula is C6H8N2O. The van der Waals surface area contributed by atoms with Crippen molar-refractivity contribution in [2.75, 3.05) is 0 Å². The molecule has 1 aliphatic rings. The van der Waals surface area contributed by atoms with E-state index in [1.54, 1.807) is 0 Å². The van der Waals surface area contributed by atoms with Gasteiger partial charge in [0, 0.05) is 6.42 Å². The summed E-state index contributed by atoms with van der Waals surface area (Å²) in [5, 5.41) is 8.29. The van der Waals surface area contributed by atoms with Crippen LogP contribution in [-0.4, -0.2) is 5.91 Å². The van der Waals surface area contributed by atoms with Gasteiger partial charge < -0.3 is 5.73 Å². The zero-order valence-electron chi connectivity index (χ0n) is 5.00. The Morgan fingerprint density at radius 1 is 1.89 bits per heavy atom. The molecule has 0 aromatic rings. The molecule has 1 saturated carbocycles. The molecule has 0 bridgehead atoms. The van der Waals surface area contributed by atoms with E-state index >= 15 is 0 Å². The van der Waals surface area contributed by atoms with Crippen molar-refractivity contribution in [3.63, 3.8) is 0 Å². The van der Waals surface area contributed by atoms with E-state index in [2.05, 4.69) is 6.07 Å². The SMILES string of the molecule is N#C[C@@H]1CC1CC(N)=O. The molecule has 0 heterocycles. The Morgan fingerprint density at radius 2 is 2.56 bits per heavy atom. The smallest absolute Gasteiger partial charge is 0.217 e. The van der Waals surface area contributed by atoms with Gasteiger partial charge in [0.2, 0.25) is 5.91 Å². The second kappa shape index (κ2) is 2.06. The molecule has 0 aliphatic heterocycles. The van der Waals surface area contributed by atoms with Gasteiger partial charge in [-0.25, -0.2) is 0 Å². The normalized spacial score (nSPS) is 31.0. The van der Waals surface area contributed by atoms with Crippen LogP contribution in [0.3, 0.4) is 0 Å². The Bertz CT molecular complexity index is 170. The Hall–Kier alpha value is -1.04. The maximum Gasteiger partial charge on any atom is 0.217 e. The van der Waals surface area contributed by atoms with E-state index in [0.29, 0.717) is 6.42 Å². The van der Waals surface area contributed by atoms with Gasteiger partial charge in [0.05, 0.1) is 12.0 Å². The van der Waals surface area contributed by atoms with E-state index in [9.17, 15) is 4.79 Å². The highest BCUT2D eigenvalue weighted by atomic mass is 16.1. The van der Waals surface area contributed by atoms with Crippen molar-refractivity contribution in [3.05, 3.63) is 0 Å². The van der Waals surface area contributed by atoms with Crippen molar-refractivity contribution < 1.29 is 4.79 Å². The first kappa shape index (κ1) is 6.09. The second-order valence-electron chi connectivity index (χ2n) is 2.40. The van der Waals surface area contributed by atoms with Crippen molar-refractivity contribution in [3.8, 4) is 6.07 Å². The van der Waals surface area contributed by atoms with Crippen LogP contribution >= 0.6 is 0 Å². The summed E-state index contributed by atoms with van der Waals surface area (Å²) in [6, 6.07) is 2.09. The summed E-state index contributed by atoms with van der Waals surface area (Å²) in [6.45, 7) is 0. The topological polar surface area (TPSA) is 66.9 Å². The lowest BCUT2D eigenvalue weighted by Gasteiger charge is -1.86. The number of hydrogen-bond donors (Lipinski definition) is 1. The Balaban J connectivity index is 2.22. The fourth-order valence-electron chi connectivity index (χ4n) is 0.890. The molecule has 1 fully saturated rings. The number of amides is 1. The standard InChI is InChI=1S/C6H8N2O/c7-3-5-1-4(5)2-6(8)9/h4-5H,1-2H2,(H2,8,9)/t4?,5-/m0/s1. The van der Waals surface area contributed by atoms with E-state index in [1.807, 2.05) is 0 Å². The molecule has 48 valence electrons. The molecule has 1 unspecified atom stereocenters. The van der Waals surface area contributed by atoms with Crippen LogP contribution in [0.5, 0.6) is 0 Å². The van der Waals surface area contributed by atoms with Gasteiger partial charge in [-0.3, -0.25) is 4.79 Å². The quantitative estimate of drug-likeness (QED) is 0.564. The first-order valence-corrected chi connectivity index (χ1v) is 2.92. The summed E-state index contributed by atoms with van der Waals surface area (Å²) in [5.74, 6) is 0.0859. The molecule has 1 rings (SSSR count). The van der Waals surface area contributed by atoms with Gasteiger partial charge >= 0.3 is 0 Å². The van der Waals surface area contributed by atoms with Crippen LogP contribution in [0, 0.1) is 23.2 Å². The first-order chi connectivity index (χ1) is 4.24. The third kappa shape index (κ3) is 1.43. The van der Waals surface area contributed by atoms with Gasteiger partial charge in [-0.1, -0.05) is 0 Å². The molecule has 3 heteroatoms. The van der Waals surface area contributed by atoms with E-state index in [1.165, 1.54) is 0 Å². The second-order valence-corrected chi connectivity index (χ2v) is 2.40. The Kier molecular flexibility index (Phi) is 1.39. The minimum Gasteiger partial charge on any atom is -0.370 e. The van der Waals surface area contributed by atoms with E-state index in [0.717, 1.165) is 6.42 Å². The van der Waals surface area contributed by atoms with Gasteiger partial charge in [-0.15, -0.1) is 0 Å². The van der Waals surface area contributed by atoms with Crippen LogP contribution in [0.25, 0.3) is 0 Å². The van der Waals surface area contributed by atoms with E-state index in [-0.39, 0.29) is 17.7 Å². The Morgan fingerprint density at radius 3 is 2.89 bits per heavy atom. The molecule has 0 saturated heterocycles. The van der Waals surface area contributed by atoms with E-state index in [4.69, 9.17) is 11.0 Å². The minimum absolute atomic E-state index is 0.109. The molecule has 2 atom stereocenters. The highest BCUT2D eigenvalue weighted by Crippen LogP contribution is 2.39. The number of nitrogens with two attached hydrogens (primary N) is 1. The number of nitriles is 1. The van der Waals surface area contributed by atoms with Crippen LogP contribution in [0.1, 0.15) is 12.8 Å². The minimum atomic E-state index is -0.294. The number of carbonyl (C=O) groups excluding carboxylic acids is 1. The van der Waals surface area contributed by atoms with Crippen LogP contribution in [-0.2, 0) is 4.79 Å². The number of rotatable bonds is 2. The van der Waals surface area contributed by atoms with Gasteiger partial charge in [-0.05, 0) is 12.3 Å². The summed E-state index contributed by atoms with van der Waals surface area (Å²) >= 11 is 0. The van der Waals surface area contributed by atoms with Gasteiger partial charge in [0.25, 0.3) is 0 Å². The monoisotopic (exact) mass is 124 g/mol. The predicted octanol–water partition coefficient (Wildman–Crippen LogP) is 0.0215. The fraction of sp³-hybridized carbons (Fsp3) is 0.667. The summed E-state index contributed by atoms with van der Waals surface area (Å²) in [7, 11) is 0. The molecule has 0 aromatic heterocycles. The van der Waals surface area contributed by atoms with Crippen molar-refractivity contribution in [1.82, 2.24) is 0 Å². The molecule has 0 radical (unpaired) electrons. The molecular weight excluding hydrogens is 116 g/mol. The molecule has 0 aromatic carbocycles. The van der Waals surface area contributed by atoms with E-state index < -0.39 is 0 Å². The van der Waals surface area contributed by atoms with Gasteiger partial charge in [0.1, 0.15) is 0 Å². The fourth-order valence-corrected chi connectivity index (χ4v) is 0.890. The van der Waals surface area contributed by atoms with Crippen molar-refractivity contribution >= 4 is 5.91 Å². The molecule has 2 N–H and O–H groups in total. The zero-order valence-corrected chi connectivity index (χ0v) is 5.00. The largest absolute Gasteiger partial charge is 0.370 e. The van der Waals surface area contributed by atoms with Crippen LogP contribution in [0.15, 0.2) is 0 Å². The van der Waals surface area contributed by atoms with Crippen LogP contribution in [0.4, 0.5) is 0 Å². The first-order valence-electron chi connectivity index (χ1n) is 2.92. The molecule has 1 amide bonds. The van der Waals surface area contributed by atoms with Crippen molar-refractivity contribution in [1.29, 1.82) is 5.26 Å². The third-order valence-electron chi connectivity index (χ3n) is 1.55. The van der Waals surface area contributed by atoms with Gasteiger partial charge in [-0.2, -0.15) is 5.26 Å². The van der Waals surface area contributed by atoms with Crippen LogP contribution < -0.4 is 5.73 Å². The third-order valence-corrected chi connectivity index (χ3v) is 1.55. The summed E-state index contributed by atoms with van der Waals surface area (Å²) in [4.78, 5) is 10.2. The summed E-state index contributed by atoms with van der Waals surface area (Å²) in [6.07, 6.45) is 1.25. The average molecular weight is 124 g/mol. The number of hydrogen-bond acceptors (Lipinski definition) is 2. The lowest BCUT2D eigenvalue weighted by atomic mass is 10.2. The Labute approximate surface area is 53.5 Å². The molecule has 1 aliphatic carbocycles.